The number of amides is 1. The Hall–Kier alpha value is -5.13. The summed E-state index contributed by atoms with van der Waals surface area (Å²) < 4.78 is 7.86. The molecule has 0 spiro atoms. The van der Waals surface area contributed by atoms with Crippen molar-refractivity contribution >= 4 is 45.4 Å². The number of nitrogens with zero attached hydrogens (tertiary/aromatic N) is 8. The lowest BCUT2D eigenvalue weighted by molar-refractivity contribution is -0.117. The fourth-order valence-corrected chi connectivity index (χ4v) is 4.86. The molecule has 0 saturated carbocycles. The van der Waals surface area contributed by atoms with E-state index in [1.165, 1.54) is 12.4 Å². The topological polar surface area (TPSA) is 136 Å². The molecule has 1 saturated heterocycles. The molecule has 1 atom stereocenters. The second-order valence-corrected chi connectivity index (χ2v) is 10.1. The minimum atomic E-state index is -0.389. The minimum Gasteiger partial charge on any atom is -0.457 e. The first-order chi connectivity index (χ1) is 19.3. The molecule has 40 heavy (non-hydrogen) atoms. The van der Waals surface area contributed by atoms with Gasteiger partial charge < -0.3 is 20.3 Å². The molecule has 0 unspecified atom stereocenters. The standard InChI is InChI=1S/C28H28N10O2/c1-5-24(39)34-28(3)10-11-38(15-28)27-29-14-21-25(33-27)26(31-16-30-21)32-18-6-9-23(17(2)12-18)40-19-7-8-22-20(13-19)35-36-37(22)4/h5-9,12-14,16H,1,10-11,15H2,2-4H3,(H,34,39)(H,30,31,32)/t28-/m1/s1. The van der Waals surface area contributed by atoms with Crippen molar-refractivity contribution in [2.24, 2.45) is 7.05 Å². The van der Waals surface area contributed by atoms with Crippen LogP contribution in [0.5, 0.6) is 11.5 Å². The van der Waals surface area contributed by atoms with Gasteiger partial charge in [0.2, 0.25) is 11.9 Å². The molecular formula is C28H28N10O2. The minimum absolute atomic E-state index is 0.193. The molecule has 0 bridgehead atoms. The van der Waals surface area contributed by atoms with Crippen LogP contribution in [0.25, 0.3) is 22.1 Å². The smallest absolute Gasteiger partial charge is 0.243 e. The van der Waals surface area contributed by atoms with Gasteiger partial charge in [-0.1, -0.05) is 11.8 Å². The van der Waals surface area contributed by atoms with E-state index < -0.39 is 0 Å². The number of aromatic nitrogens is 7. The van der Waals surface area contributed by atoms with Gasteiger partial charge in [-0.25, -0.2) is 24.6 Å². The van der Waals surface area contributed by atoms with Gasteiger partial charge in [0.1, 0.15) is 34.4 Å². The molecule has 202 valence electrons. The van der Waals surface area contributed by atoms with Crippen molar-refractivity contribution in [3.63, 3.8) is 0 Å². The van der Waals surface area contributed by atoms with Crippen molar-refractivity contribution in [2.75, 3.05) is 23.3 Å². The maximum atomic E-state index is 11.9. The molecule has 1 fully saturated rings. The molecule has 3 aromatic heterocycles. The highest BCUT2D eigenvalue weighted by Crippen LogP contribution is 2.31. The van der Waals surface area contributed by atoms with Crippen LogP contribution < -0.4 is 20.3 Å². The fraction of sp³-hybridized carbons (Fsp3) is 0.250. The zero-order valence-corrected chi connectivity index (χ0v) is 22.4. The Kier molecular flexibility index (Phi) is 6.21. The molecule has 4 heterocycles. The summed E-state index contributed by atoms with van der Waals surface area (Å²) in [4.78, 5) is 32.0. The van der Waals surface area contributed by atoms with Crippen LogP contribution in [0.2, 0.25) is 0 Å². The monoisotopic (exact) mass is 536 g/mol. The summed E-state index contributed by atoms with van der Waals surface area (Å²) in [5, 5.41) is 14.6. The lowest BCUT2D eigenvalue weighted by atomic mass is 10.0. The second kappa shape index (κ2) is 9.88. The highest BCUT2D eigenvalue weighted by molar-refractivity contribution is 5.88. The number of benzene rings is 2. The molecule has 6 rings (SSSR count). The summed E-state index contributed by atoms with van der Waals surface area (Å²) in [6.45, 7) is 8.83. The number of hydrogen-bond donors (Lipinski definition) is 2. The van der Waals surface area contributed by atoms with E-state index in [1.807, 2.05) is 62.2 Å². The van der Waals surface area contributed by atoms with Gasteiger partial charge in [0.05, 0.1) is 17.3 Å². The van der Waals surface area contributed by atoms with Crippen LogP contribution in [0, 0.1) is 6.92 Å². The molecule has 2 N–H and O–H groups in total. The summed E-state index contributed by atoms with van der Waals surface area (Å²) in [5.74, 6) is 2.34. The average molecular weight is 537 g/mol. The zero-order valence-electron chi connectivity index (χ0n) is 22.4. The van der Waals surface area contributed by atoms with E-state index in [0.717, 1.165) is 34.5 Å². The van der Waals surface area contributed by atoms with E-state index in [1.54, 1.807) is 10.9 Å². The Morgan fingerprint density at radius 2 is 2.02 bits per heavy atom. The Balaban J connectivity index is 1.22. The molecule has 0 radical (unpaired) electrons. The summed E-state index contributed by atoms with van der Waals surface area (Å²) in [6.07, 6.45) is 5.23. The maximum Gasteiger partial charge on any atom is 0.243 e. The van der Waals surface area contributed by atoms with Gasteiger partial charge in [0, 0.05) is 31.9 Å². The van der Waals surface area contributed by atoms with Crippen LogP contribution in [0.1, 0.15) is 18.9 Å². The Bertz CT molecular complexity index is 1770. The lowest BCUT2D eigenvalue weighted by Crippen LogP contribution is -2.47. The van der Waals surface area contributed by atoms with Gasteiger partial charge in [0.15, 0.2) is 5.82 Å². The summed E-state index contributed by atoms with van der Waals surface area (Å²) in [5.41, 5.74) is 4.31. The van der Waals surface area contributed by atoms with Gasteiger partial charge in [-0.05, 0) is 62.2 Å². The van der Waals surface area contributed by atoms with E-state index in [0.29, 0.717) is 41.6 Å². The maximum absolute atomic E-state index is 11.9. The van der Waals surface area contributed by atoms with Crippen LogP contribution >= 0.6 is 0 Å². The number of hydrogen-bond acceptors (Lipinski definition) is 10. The number of rotatable bonds is 7. The summed E-state index contributed by atoms with van der Waals surface area (Å²) in [7, 11) is 1.85. The van der Waals surface area contributed by atoms with E-state index in [-0.39, 0.29) is 11.4 Å². The molecule has 1 amide bonds. The van der Waals surface area contributed by atoms with Crippen LogP contribution in [-0.2, 0) is 11.8 Å². The Morgan fingerprint density at radius 3 is 2.85 bits per heavy atom. The highest BCUT2D eigenvalue weighted by atomic mass is 16.5. The summed E-state index contributed by atoms with van der Waals surface area (Å²) in [6, 6.07) is 11.5. The molecule has 1 aliphatic heterocycles. The number of aryl methyl sites for hydroxylation is 2. The van der Waals surface area contributed by atoms with Gasteiger partial charge in [0.25, 0.3) is 0 Å². The summed E-state index contributed by atoms with van der Waals surface area (Å²) >= 11 is 0. The number of carbonyl (C=O) groups is 1. The Labute approximate surface area is 230 Å². The van der Waals surface area contributed by atoms with E-state index in [9.17, 15) is 4.79 Å². The quantitative estimate of drug-likeness (QED) is 0.296. The van der Waals surface area contributed by atoms with E-state index in [2.05, 4.69) is 42.5 Å². The molecule has 5 aromatic rings. The molecule has 12 nitrogen and oxygen atoms in total. The van der Waals surface area contributed by atoms with Crippen molar-refractivity contribution in [1.82, 2.24) is 40.2 Å². The highest BCUT2D eigenvalue weighted by Gasteiger charge is 2.36. The number of ether oxygens (including phenoxy) is 1. The van der Waals surface area contributed by atoms with Crippen molar-refractivity contribution < 1.29 is 9.53 Å². The molecule has 12 heteroatoms. The van der Waals surface area contributed by atoms with Crippen LogP contribution in [-0.4, -0.2) is 59.5 Å². The predicted molar refractivity (Wildman–Crippen MR) is 152 cm³/mol. The van der Waals surface area contributed by atoms with Crippen molar-refractivity contribution in [1.29, 1.82) is 0 Å². The molecule has 0 aliphatic carbocycles. The van der Waals surface area contributed by atoms with Gasteiger partial charge in [-0.15, -0.1) is 5.10 Å². The van der Waals surface area contributed by atoms with Gasteiger partial charge in [-0.3, -0.25) is 4.79 Å². The van der Waals surface area contributed by atoms with Gasteiger partial charge in [-0.2, -0.15) is 0 Å². The molecule has 2 aromatic carbocycles. The predicted octanol–water partition coefficient (Wildman–Crippen LogP) is 3.82. The van der Waals surface area contributed by atoms with Crippen molar-refractivity contribution in [3.05, 3.63) is 67.1 Å². The third-order valence-electron chi connectivity index (χ3n) is 6.98. The SMILES string of the molecule is C=CC(=O)N[C@]1(C)CCN(c2ncc3ncnc(Nc4ccc(Oc5ccc6c(c5)nnn6C)c(C)c4)c3n2)C1. The van der Waals surface area contributed by atoms with E-state index >= 15 is 0 Å². The van der Waals surface area contributed by atoms with E-state index in [4.69, 9.17) is 9.72 Å². The largest absolute Gasteiger partial charge is 0.457 e. The lowest BCUT2D eigenvalue weighted by Gasteiger charge is -2.25. The average Bonchev–Trinajstić information content (AvgIpc) is 3.52. The zero-order chi connectivity index (χ0) is 27.9. The van der Waals surface area contributed by atoms with Crippen molar-refractivity contribution in [2.45, 2.75) is 25.8 Å². The van der Waals surface area contributed by atoms with Gasteiger partial charge >= 0.3 is 0 Å². The number of anilines is 3. The Morgan fingerprint density at radius 1 is 1.15 bits per heavy atom. The molecule has 1 aliphatic rings. The fourth-order valence-electron chi connectivity index (χ4n) is 4.86. The second-order valence-electron chi connectivity index (χ2n) is 10.1. The number of nitrogens with one attached hydrogen (secondary N) is 2. The van der Waals surface area contributed by atoms with Crippen LogP contribution in [0.3, 0.4) is 0 Å². The first-order valence-electron chi connectivity index (χ1n) is 12.8. The number of carbonyl (C=O) groups excluding carboxylic acids is 1. The number of fused-ring (bicyclic) bond motifs is 2. The first kappa shape index (κ1) is 25.2. The third-order valence-corrected chi connectivity index (χ3v) is 6.98. The molecular weight excluding hydrogens is 508 g/mol. The van der Waals surface area contributed by atoms with Crippen LogP contribution in [0.4, 0.5) is 17.5 Å². The third kappa shape index (κ3) is 4.86. The van der Waals surface area contributed by atoms with Crippen molar-refractivity contribution in [3.8, 4) is 11.5 Å². The van der Waals surface area contributed by atoms with Crippen LogP contribution in [0.15, 0.2) is 61.6 Å². The first-order valence-corrected chi connectivity index (χ1v) is 12.8. The normalized spacial score (nSPS) is 16.8.